The van der Waals surface area contributed by atoms with E-state index < -0.39 is 95.1 Å². The van der Waals surface area contributed by atoms with Crippen LogP contribution in [0.1, 0.15) is 72.4 Å². The Balaban J connectivity index is 1.93. The number of nitrogens with one attached hydrogen (secondary N) is 4. The summed E-state index contributed by atoms with van der Waals surface area (Å²) in [6, 6.07) is 0.0817. The number of carboxylic acids is 1. The van der Waals surface area contributed by atoms with E-state index in [1.165, 1.54) is 57.2 Å². The zero-order valence-corrected chi connectivity index (χ0v) is 41.8. The third-order valence-electron chi connectivity index (χ3n) is 11.0. The highest BCUT2D eigenvalue weighted by atomic mass is 32.2. The molecule has 2 aromatic carbocycles. The maximum Gasteiger partial charge on any atom is 0.326 e. The lowest BCUT2D eigenvalue weighted by atomic mass is 9.93. The van der Waals surface area contributed by atoms with Crippen LogP contribution in [-0.4, -0.2) is 150 Å². The number of aliphatic hydroxyl groups excluding tert-OH is 2. The summed E-state index contributed by atoms with van der Waals surface area (Å²) in [4.78, 5) is 79.7. The molecule has 0 saturated heterocycles. The van der Waals surface area contributed by atoms with Gasteiger partial charge in [0.05, 0.1) is 23.1 Å². The highest BCUT2D eigenvalue weighted by Gasteiger charge is 2.38. The van der Waals surface area contributed by atoms with Crippen molar-refractivity contribution in [2.45, 2.75) is 90.4 Å². The number of fused-ring (bicyclic) bond motifs is 5. The minimum atomic E-state index is -4.53. The maximum atomic E-state index is 14.9. The number of carbonyl (C=O) groups excluding carboxylic acids is 4. The normalized spacial score (nSPS) is 17.9. The van der Waals surface area contributed by atoms with Crippen LogP contribution >= 0.6 is 0 Å². The molecule has 4 bridgehead atoms. The Morgan fingerprint density at radius 2 is 1.57 bits per heavy atom. The maximum absolute atomic E-state index is 14.9. The number of aromatic hydroxyl groups is 1. The van der Waals surface area contributed by atoms with Gasteiger partial charge in [0.2, 0.25) is 17.7 Å². The fourth-order valence-corrected chi connectivity index (χ4v) is 7.62. The molecule has 0 saturated carbocycles. The smallest absolute Gasteiger partial charge is 0.326 e. The fraction of sp³-hybridized carbons (Fsp3) is 0.426. The first-order chi connectivity index (χ1) is 33.8. The highest BCUT2D eigenvalue weighted by molar-refractivity contribution is 7.87. The second-order valence-corrected chi connectivity index (χ2v) is 18.5. The van der Waals surface area contributed by atoms with Crippen molar-refractivity contribution in [3.63, 3.8) is 0 Å². The summed E-state index contributed by atoms with van der Waals surface area (Å²) < 4.78 is 44.0. The van der Waals surface area contributed by atoms with Crippen molar-refractivity contribution in [3.8, 4) is 28.4 Å². The van der Waals surface area contributed by atoms with E-state index in [1.54, 1.807) is 19.1 Å². The molecule has 0 spiro atoms. The van der Waals surface area contributed by atoms with Gasteiger partial charge in [0.1, 0.15) is 61.1 Å². The largest absolute Gasteiger partial charge is 0.504 e. The molecule has 0 radical (unpaired) electrons. The number of aromatic nitrogens is 2. The van der Waals surface area contributed by atoms with E-state index in [1.807, 2.05) is 18.6 Å². The summed E-state index contributed by atoms with van der Waals surface area (Å²) in [6.07, 6.45) is 2.08. The lowest BCUT2D eigenvalue weighted by molar-refractivity contribution is -0.143. The van der Waals surface area contributed by atoms with Crippen LogP contribution in [0.4, 0.5) is 0 Å². The van der Waals surface area contributed by atoms with Crippen LogP contribution in [0.3, 0.4) is 0 Å². The number of hydrogen-bond acceptors (Lipinski definition) is 17. The molecule has 2 heterocycles. The Bertz CT molecular complexity index is 2670. The van der Waals surface area contributed by atoms with Gasteiger partial charge in [-0.15, -0.1) is 0 Å². The number of phenolic OH excluding ortho intramolecular Hbond substituents is 1. The molecular formula is C47H64N10O14S. The summed E-state index contributed by atoms with van der Waals surface area (Å²) in [7, 11) is -3.40. The van der Waals surface area contributed by atoms with Crippen molar-refractivity contribution in [3.05, 3.63) is 94.8 Å². The molecule has 3 aromatic rings. The molecule has 4 rings (SSSR count). The van der Waals surface area contributed by atoms with Gasteiger partial charge in [-0.25, -0.2) is 19.9 Å². The highest BCUT2D eigenvalue weighted by Crippen LogP contribution is 2.45. The molecule has 1 aliphatic rings. The zero-order valence-electron chi connectivity index (χ0n) is 41.0. The lowest BCUT2D eigenvalue weighted by Crippen LogP contribution is -2.57. The molecule has 72 heavy (non-hydrogen) atoms. The van der Waals surface area contributed by atoms with Crippen molar-refractivity contribution < 1.29 is 67.0 Å². The first-order valence-electron chi connectivity index (χ1n) is 22.5. The Kier molecular flexibility index (Phi) is 20.3. The number of rotatable bonds is 21. The van der Waals surface area contributed by atoms with Gasteiger partial charge in [-0.3, -0.25) is 19.2 Å². The SMILES string of the molecule is C=C/C(=C\C=C(/C)c1nc(C)c(C(=O)N[C@@H](CNS(N)(=O)=O)C(=O)N(C)[C@@H]2C(=O)N[C@@H](C)C(=O)N[C@H](C(=O)O)Cc3ccc(OC[C@H](O)CN)c(c3)-c3cc2cc(OC[C@H](O)CN)c3O)c(C)n1)OC(C)C. The second-order valence-electron chi connectivity index (χ2n) is 17.1. The van der Waals surface area contributed by atoms with E-state index in [4.69, 9.17) is 30.8 Å². The zero-order chi connectivity index (χ0) is 53.8. The van der Waals surface area contributed by atoms with Crippen LogP contribution in [0, 0.1) is 13.8 Å². The molecule has 392 valence electrons. The Labute approximate surface area is 416 Å². The number of hydrogen-bond donors (Lipinski definition) is 11. The van der Waals surface area contributed by atoms with Crippen LogP contribution in [0.2, 0.25) is 0 Å². The summed E-state index contributed by atoms with van der Waals surface area (Å²) >= 11 is 0. The van der Waals surface area contributed by atoms with Gasteiger partial charge in [0.15, 0.2) is 17.3 Å². The van der Waals surface area contributed by atoms with Crippen LogP contribution in [0.15, 0.2) is 60.9 Å². The molecule has 1 aliphatic heterocycles. The van der Waals surface area contributed by atoms with Crippen molar-refractivity contribution in [1.82, 2.24) is 35.5 Å². The fourth-order valence-electron chi connectivity index (χ4n) is 7.23. The Hall–Kier alpha value is -7.00. The predicted octanol–water partition coefficient (Wildman–Crippen LogP) is -0.518. The third kappa shape index (κ3) is 15.5. The number of aliphatic carboxylic acids is 1. The molecule has 0 unspecified atom stereocenters. The minimum Gasteiger partial charge on any atom is -0.504 e. The van der Waals surface area contributed by atoms with Crippen LogP contribution < -0.4 is 46.8 Å². The molecule has 6 atom stereocenters. The lowest BCUT2D eigenvalue weighted by Gasteiger charge is -2.33. The monoisotopic (exact) mass is 1020 g/mol. The Morgan fingerprint density at radius 3 is 2.12 bits per heavy atom. The molecule has 14 N–H and O–H groups in total. The quantitative estimate of drug-likeness (QED) is 0.0472. The predicted molar refractivity (Wildman–Crippen MR) is 263 cm³/mol. The van der Waals surface area contributed by atoms with Gasteiger partial charge in [-0.1, -0.05) is 18.7 Å². The number of aliphatic hydroxyl groups is 2. The van der Waals surface area contributed by atoms with Gasteiger partial charge in [-0.05, 0) is 94.7 Å². The summed E-state index contributed by atoms with van der Waals surface area (Å²) in [5.41, 5.74) is 12.2. The van der Waals surface area contributed by atoms with Gasteiger partial charge in [-0.2, -0.15) is 13.1 Å². The summed E-state index contributed by atoms with van der Waals surface area (Å²) in [5.74, 6) is -5.69. The van der Waals surface area contributed by atoms with Crippen molar-refractivity contribution >= 4 is 45.4 Å². The van der Waals surface area contributed by atoms with Gasteiger partial charge < -0.3 is 67.0 Å². The van der Waals surface area contributed by atoms with Crippen molar-refractivity contribution in [2.75, 3.05) is 39.9 Å². The number of nitrogens with two attached hydrogens (primary N) is 3. The van der Waals surface area contributed by atoms with E-state index in [2.05, 4.69) is 32.5 Å². The molecule has 4 amide bonds. The second kappa shape index (κ2) is 25.4. The third-order valence-corrected chi connectivity index (χ3v) is 11.5. The first-order valence-corrected chi connectivity index (χ1v) is 24.1. The Morgan fingerprint density at radius 1 is 0.958 bits per heavy atom. The van der Waals surface area contributed by atoms with Crippen molar-refractivity contribution in [1.29, 1.82) is 0 Å². The number of amides is 4. The molecule has 0 aliphatic carbocycles. The number of nitrogens with zero attached hydrogens (tertiary/aromatic N) is 3. The van der Waals surface area contributed by atoms with E-state index in [0.717, 1.165) is 11.9 Å². The van der Waals surface area contributed by atoms with Crippen LogP contribution in [-0.2, 0) is 40.5 Å². The van der Waals surface area contributed by atoms with Gasteiger partial charge in [0, 0.05) is 44.2 Å². The number of carbonyl (C=O) groups is 5. The topological polar surface area (TPSA) is 383 Å². The molecule has 24 nitrogen and oxygen atoms in total. The average molecular weight is 1030 g/mol. The average Bonchev–Trinajstić information content (AvgIpc) is 3.31. The number of ether oxygens (including phenoxy) is 3. The molecule has 1 aromatic heterocycles. The molecule has 0 fully saturated rings. The number of carboxylic acid groups (broad SMARTS) is 1. The van der Waals surface area contributed by atoms with Gasteiger partial charge >= 0.3 is 5.97 Å². The summed E-state index contributed by atoms with van der Waals surface area (Å²) in [5, 5.41) is 55.4. The van der Waals surface area contributed by atoms with E-state index in [-0.39, 0.29) is 83.2 Å². The van der Waals surface area contributed by atoms with E-state index >= 15 is 0 Å². The number of phenols is 1. The minimum absolute atomic E-state index is 0.00855. The molecule has 25 heteroatoms. The van der Waals surface area contributed by atoms with E-state index in [0.29, 0.717) is 16.9 Å². The van der Waals surface area contributed by atoms with Crippen LogP contribution in [0.5, 0.6) is 17.2 Å². The van der Waals surface area contributed by atoms with Crippen LogP contribution in [0.25, 0.3) is 16.7 Å². The van der Waals surface area contributed by atoms with Crippen molar-refractivity contribution in [2.24, 2.45) is 16.6 Å². The number of likely N-dealkylation sites (N-methyl/N-ethyl adjacent to an activating group) is 1. The van der Waals surface area contributed by atoms with Gasteiger partial charge in [0.25, 0.3) is 16.1 Å². The number of allylic oxidation sites excluding steroid dienone is 4. The number of benzene rings is 2. The number of aryl methyl sites for hydroxylation is 2. The first kappa shape index (κ1) is 57.6. The molecular weight excluding hydrogens is 961 g/mol. The summed E-state index contributed by atoms with van der Waals surface area (Å²) in [6.45, 7) is 11.3. The standard InChI is InChI=1S/C47H64N10O14S/c1-9-32(71-23(2)3)12-10-24(4)42-52-25(5)39(26(6)53-42)44(62)56-36(20-51-72(50,67)68)46(64)57(8)40-29-16-34(41(60)38(17-29)70-22-31(59)19-49)33-14-28(11-13-37(33)69-21-30(58)18-48)15-35(47(65)66)55-43(61)27(7)54-45(40)63/h9-14,16-17,23,27,30-31,35-36,40,51,58-60H,1,15,18-22,48-49H2,2-8H3,(H,54,63)(H,55,61)(H,56,62)(H,65,66)(H2,50,67,68)/b24-10+,32-12+/t27-,30+,31+,35-,36-,40-/m0/s1. The van der Waals surface area contributed by atoms with E-state index in [9.17, 15) is 52.8 Å².